The minimum atomic E-state index is 0.300. The Morgan fingerprint density at radius 1 is 1.54 bits per heavy atom. The van der Waals surface area contributed by atoms with Crippen molar-refractivity contribution in [2.75, 3.05) is 13.1 Å². The van der Waals surface area contributed by atoms with E-state index in [0.29, 0.717) is 24.5 Å². The molecule has 0 spiro atoms. The predicted octanol–water partition coefficient (Wildman–Crippen LogP) is 0.749. The van der Waals surface area contributed by atoms with Crippen molar-refractivity contribution >= 4 is 5.91 Å². The zero-order valence-electron chi connectivity index (χ0n) is 8.25. The van der Waals surface area contributed by atoms with Gasteiger partial charge in [0.15, 0.2) is 0 Å². The van der Waals surface area contributed by atoms with Crippen LogP contribution in [-0.2, 0) is 4.79 Å². The number of nitrogens with zero attached hydrogens (tertiary/aromatic N) is 1. The second-order valence-corrected chi connectivity index (χ2v) is 4.12. The summed E-state index contributed by atoms with van der Waals surface area (Å²) in [7, 11) is 0. The van der Waals surface area contributed by atoms with Gasteiger partial charge >= 0.3 is 0 Å². The maximum absolute atomic E-state index is 11.6. The molecule has 0 aromatic carbocycles. The number of carbonyl (C=O) groups excluding carboxylic acids is 1. The molecule has 1 saturated heterocycles. The Kier molecular flexibility index (Phi) is 2.54. The molecule has 0 aromatic rings. The molecule has 1 heterocycles. The van der Waals surface area contributed by atoms with Gasteiger partial charge in [0, 0.05) is 18.6 Å². The summed E-state index contributed by atoms with van der Waals surface area (Å²) in [6, 6.07) is 1.10. The van der Waals surface area contributed by atoms with Gasteiger partial charge in [-0.05, 0) is 25.7 Å². The molecule has 2 fully saturated rings. The highest BCUT2D eigenvalue weighted by Crippen LogP contribution is 2.26. The summed E-state index contributed by atoms with van der Waals surface area (Å²) in [5.74, 6) is 0.300. The van der Waals surface area contributed by atoms with Crippen LogP contribution in [0.1, 0.15) is 32.6 Å². The highest BCUT2D eigenvalue weighted by Gasteiger charge is 2.32. The summed E-state index contributed by atoms with van der Waals surface area (Å²) >= 11 is 0. The van der Waals surface area contributed by atoms with Gasteiger partial charge in [-0.25, -0.2) is 0 Å². The van der Waals surface area contributed by atoms with Crippen LogP contribution in [0.3, 0.4) is 0 Å². The van der Waals surface area contributed by atoms with Crippen LogP contribution in [0.5, 0.6) is 0 Å². The molecule has 1 aliphatic heterocycles. The Bertz CT molecular complexity index is 201. The maximum atomic E-state index is 11.6. The number of amides is 1. The van der Waals surface area contributed by atoms with E-state index in [1.54, 1.807) is 0 Å². The molecule has 2 aliphatic rings. The van der Waals surface area contributed by atoms with Crippen LogP contribution in [0, 0.1) is 0 Å². The lowest BCUT2D eigenvalue weighted by Crippen LogP contribution is -2.58. The molecule has 0 aromatic heterocycles. The van der Waals surface area contributed by atoms with Crippen LogP contribution in [-0.4, -0.2) is 36.0 Å². The average Bonchev–Trinajstić information content (AvgIpc) is 2.06. The van der Waals surface area contributed by atoms with Gasteiger partial charge in [0.25, 0.3) is 0 Å². The lowest BCUT2D eigenvalue weighted by atomic mass is 9.90. The molecule has 1 N–H and O–H groups in total. The summed E-state index contributed by atoms with van der Waals surface area (Å²) in [6.07, 6.45) is 4.87. The van der Waals surface area contributed by atoms with Crippen molar-refractivity contribution < 1.29 is 4.79 Å². The number of carbonyl (C=O) groups is 1. The fourth-order valence-corrected chi connectivity index (χ4v) is 2.06. The minimum absolute atomic E-state index is 0.300. The smallest absolute Gasteiger partial charge is 0.236 e. The fourth-order valence-electron chi connectivity index (χ4n) is 2.06. The summed E-state index contributed by atoms with van der Waals surface area (Å²) in [5, 5.41) is 3.26. The number of rotatable bonds is 2. The highest BCUT2D eigenvalue weighted by molar-refractivity contribution is 5.79. The molecule has 2 rings (SSSR count). The van der Waals surface area contributed by atoms with Crippen molar-refractivity contribution in [3.63, 3.8) is 0 Å². The molecule has 3 heteroatoms. The topological polar surface area (TPSA) is 32.3 Å². The Labute approximate surface area is 79.5 Å². The number of hydrogen-bond donors (Lipinski definition) is 1. The van der Waals surface area contributed by atoms with Gasteiger partial charge in [-0.1, -0.05) is 6.92 Å². The van der Waals surface area contributed by atoms with Crippen molar-refractivity contribution in [1.82, 2.24) is 10.2 Å². The first-order valence-corrected chi connectivity index (χ1v) is 5.34. The largest absolute Gasteiger partial charge is 0.337 e. The average molecular weight is 182 g/mol. The van der Waals surface area contributed by atoms with E-state index in [1.165, 1.54) is 19.3 Å². The van der Waals surface area contributed by atoms with Crippen LogP contribution in [0.15, 0.2) is 0 Å². The molecule has 0 bridgehead atoms. The molecule has 0 unspecified atom stereocenters. The Balaban J connectivity index is 1.94. The third-order valence-corrected chi connectivity index (χ3v) is 3.29. The fraction of sp³-hybridized carbons (Fsp3) is 0.900. The summed E-state index contributed by atoms with van der Waals surface area (Å²) in [6.45, 7) is 3.65. The first kappa shape index (κ1) is 9.00. The molecule has 0 radical (unpaired) electrons. The summed E-state index contributed by atoms with van der Waals surface area (Å²) in [4.78, 5) is 13.6. The first-order chi connectivity index (χ1) is 6.31. The first-order valence-electron chi connectivity index (χ1n) is 5.34. The van der Waals surface area contributed by atoms with E-state index in [0.717, 1.165) is 13.0 Å². The van der Waals surface area contributed by atoms with Gasteiger partial charge in [0.2, 0.25) is 5.91 Å². The van der Waals surface area contributed by atoms with E-state index in [1.807, 2.05) is 0 Å². The van der Waals surface area contributed by atoms with E-state index in [-0.39, 0.29) is 0 Å². The SMILES string of the molecule is CC[C@@H]1CN(C2CCC2)C(=O)CN1. The van der Waals surface area contributed by atoms with Gasteiger partial charge in [0.05, 0.1) is 6.54 Å². The maximum Gasteiger partial charge on any atom is 0.236 e. The van der Waals surface area contributed by atoms with E-state index < -0.39 is 0 Å². The van der Waals surface area contributed by atoms with Crippen molar-refractivity contribution in [3.8, 4) is 0 Å². The molecule has 1 atom stereocenters. The molecule has 1 amide bonds. The summed E-state index contributed by atoms with van der Waals surface area (Å²) in [5.41, 5.74) is 0. The quantitative estimate of drug-likeness (QED) is 0.683. The second-order valence-electron chi connectivity index (χ2n) is 4.12. The molecule has 13 heavy (non-hydrogen) atoms. The second kappa shape index (κ2) is 3.66. The Hall–Kier alpha value is -0.570. The zero-order valence-corrected chi connectivity index (χ0v) is 8.25. The van der Waals surface area contributed by atoms with E-state index in [9.17, 15) is 4.79 Å². The van der Waals surface area contributed by atoms with E-state index in [2.05, 4.69) is 17.1 Å². The van der Waals surface area contributed by atoms with Gasteiger partial charge in [-0.3, -0.25) is 4.79 Å². The molecular formula is C10H18N2O. The number of piperazine rings is 1. The van der Waals surface area contributed by atoms with Crippen molar-refractivity contribution in [2.45, 2.75) is 44.7 Å². The van der Waals surface area contributed by atoms with Crippen molar-refractivity contribution in [2.24, 2.45) is 0 Å². The van der Waals surface area contributed by atoms with Gasteiger partial charge in [-0.15, -0.1) is 0 Å². The Morgan fingerprint density at radius 3 is 2.85 bits per heavy atom. The predicted molar refractivity (Wildman–Crippen MR) is 51.4 cm³/mol. The molecule has 74 valence electrons. The zero-order chi connectivity index (χ0) is 9.26. The minimum Gasteiger partial charge on any atom is -0.337 e. The van der Waals surface area contributed by atoms with Gasteiger partial charge in [-0.2, -0.15) is 0 Å². The van der Waals surface area contributed by atoms with Crippen LogP contribution in [0.4, 0.5) is 0 Å². The van der Waals surface area contributed by atoms with Gasteiger partial charge < -0.3 is 10.2 Å². The Morgan fingerprint density at radius 2 is 2.31 bits per heavy atom. The van der Waals surface area contributed by atoms with Gasteiger partial charge in [0.1, 0.15) is 0 Å². The van der Waals surface area contributed by atoms with Crippen LogP contribution >= 0.6 is 0 Å². The monoisotopic (exact) mass is 182 g/mol. The third kappa shape index (κ3) is 1.70. The van der Waals surface area contributed by atoms with Crippen molar-refractivity contribution in [1.29, 1.82) is 0 Å². The highest BCUT2D eigenvalue weighted by atomic mass is 16.2. The van der Waals surface area contributed by atoms with Crippen molar-refractivity contribution in [3.05, 3.63) is 0 Å². The number of hydrogen-bond acceptors (Lipinski definition) is 2. The van der Waals surface area contributed by atoms with Crippen LogP contribution in [0.25, 0.3) is 0 Å². The van der Waals surface area contributed by atoms with Crippen LogP contribution in [0.2, 0.25) is 0 Å². The molecule has 1 saturated carbocycles. The standard InChI is InChI=1S/C10H18N2O/c1-2-8-7-12(9-4-3-5-9)10(13)6-11-8/h8-9,11H,2-7H2,1H3/t8-/m1/s1. The van der Waals surface area contributed by atoms with Crippen LogP contribution < -0.4 is 5.32 Å². The molecule has 1 aliphatic carbocycles. The van der Waals surface area contributed by atoms with E-state index >= 15 is 0 Å². The molecule has 3 nitrogen and oxygen atoms in total. The lowest BCUT2D eigenvalue weighted by Gasteiger charge is -2.42. The summed E-state index contributed by atoms with van der Waals surface area (Å²) < 4.78 is 0. The third-order valence-electron chi connectivity index (χ3n) is 3.29. The lowest BCUT2D eigenvalue weighted by molar-refractivity contribution is -0.137. The normalized spacial score (nSPS) is 30.4. The van der Waals surface area contributed by atoms with E-state index in [4.69, 9.17) is 0 Å². The molecular weight excluding hydrogens is 164 g/mol. The number of nitrogens with one attached hydrogen (secondary N) is 1.